The lowest BCUT2D eigenvalue weighted by molar-refractivity contribution is -0.140. The van der Waals surface area contributed by atoms with Crippen molar-refractivity contribution in [2.45, 2.75) is 13.0 Å². The number of aryl methyl sites for hydroxylation is 1. The molecule has 1 atom stereocenters. The van der Waals surface area contributed by atoms with Crippen molar-refractivity contribution in [2.24, 2.45) is 0 Å². The lowest BCUT2D eigenvalue weighted by Crippen LogP contribution is -2.35. The van der Waals surface area contributed by atoms with Crippen molar-refractivity contribution in [3.05, 3.63) is 71.3 Å². The van der Waals surface area contributed by atoms with Crippen molar-refractivity contribution in [1.29, 1.82) is 0 Å². The molecule has 1 aliphatic rings. The van der Waals surface area contributed by atoms with Crippen LogP contribution in [0.3, 0.4) is 0 Å². The largest absolute Gasteiger partial charge is 0.507 e. The SMILES string of the molecule is C=CCOc1ccc(C(O)=C2C(=O)C(=O)N(CCN(C)C)[C@H]2c2ccc(OC)c(OC)c2)c(C)c1. The van der Waals surface area contributed by atoms with Crippen molar-refractivity contribution in [3.63, 3.8) is 0 Å². The van der Waals surface area contributed by atoms with E-state index in [0.29, 0.717) is 53.6 Å². The van der Waals surface area contributed by atoms with Crippen LogP contribution < -0.4 is 14.2 Å². The van der Waals surface area contributed by atoms with Gasteiger partial charge in [0, 0.05) is 18.7 Å². The summed E-state index contributed by atoms with van der Waals surface area (Å²) in [5, 5.41) is 11.4. The number of carbonyl (C=O) groups is 2. The molecule has 2 aromatic rings. The summed E-state index contributed by atoms with van der Waals surface area (Å²) in [6, 6.07) is 9.59. The van der Waals surface area contributed by atoms with Gasteiger partial charge in [0.25, 0.3) is 11.7 Å². The number of aliphatic hydroxyl groups is 1. The van der Waals surface area contributed by atoms with Gasteiger partial charge in [-0.25, -0.2) is 0 Å². The highest BCUT2D eigenvalue weighted by atomic mass is 16.5. The molecule has 0 aliphatic carbocycles. The summed E-state index contributed by atoms with van der Waals surface area (Å²) >= 11 is 0. The average molecular weight is 481 g/mol. The molecule has 186 valence electrons. The molecule has 0 spiro atoms. The molecule has 35 heavy (non-hydrogen) atoms. The van der Waals surface area contributed by atoms with Gasteiger partial charge < -0.3 is 29.1 Å². The van der Waals surface area contributed by atoms with Gasteiger partial charge in [-0.3, -0.25) is 9.59 Å². The zero-order valence-electron chi connectivity index (χ0n) is 20.8. The quantitative estimate of drug-likeness (QED) is 0.241. The Balaban J connectivity index is 2.16. The number of methoxy groups -OCH3 is 2. The minimum absolute atomic E-state index is 0.0313. The number of hydrogen-bond acceptors (Lipinski definition) is 7. The van der Waals surface area contributed by atoms with Gasteiger partial charge in [-0.1, -0.05) is 18.7 Å². The molecule has 1 amide bonds. The van der Waals surface area contributed by atoms with Gasteiger partial charge in [-0.05, 0) is 62.5 Å². The van der Waals surface area contributed by atoms with Crippen LogP contribution >= 0.6 is 0 Å². The fourth-order valence-electron chi connectivity index (χ4n) is 4.08. The molecule has 0 aromatic heterocycles. The first-order valence-electron chi connectivity index (χ1n) is 11.2. The minimum Gasteiger partial charge on any atom is -0.507 e. The Kier molecular flexibility index (Phi) is 8.19. The number of likely N-dealkylation sites (N-methyl/N-ethyl adjacent to an activating group) is 1. The Bertz CT molecular complexity index is 1150. The second kappa shape index (κ2) is 11.1. The van der Waals surface area contributed by atoms with E-state index in [1.165, 1.54) is 19.1 Å². The van der Waals surface area contributed by atoms with Gasteiger partial charge >= 0.3 is 0 Å². The monoisotopic (exact) mass is 480 g/mol. The normalized spacial score (nSPS) is 17.1. The van der Waals surface area contributed by atoms with Crippen molar-refractivity contribution in [2.75, 3.05) is 48.0 Å². The second-order valence-electron chi connectivity index (χ2n) is 8.49. The summed E-state index contributed by atoms with van der Waals surface area (Å²) in [4.78, 5) is 29.8. The number of likely N-dealkylation sites (tertiary alicyclic amines) is 1. The van der Waals surface area contributed by atoms with Crippen molar-refractivity contribution in [1.82, 2.24) is 9.80 Å². The summed E-state index contributed by atoms with van der Waals surface area (Å²) in [7, 11) is 6.83. The molecule has 1 N–H and O–H groups in total. The maximum Gasteiger partial charge on any atom is 0.295 e. The highest BCUT2D eigenvalue weighted by Crippen LogP contribution is 2.42. The third kappa shape index (κ3) is 5.33. The van der Waals surface area contributed by atoms with Crippen LogP contribution in [0.4, 0.5) is 0 Å². The fraction of sp³-hybridized carbons (Fsp3) is 0.333. The van der Waals surface area contributed by atoms with E-state index in [2.05, 4.69) is 6.58 Å². The van der Waals surface area contributed by atoms with E-state index in [9.17, 15) is 14.7 Å². The molecule has 1 aliphatic heterocycles. The van der Waals surface area contributed by atoms with Gasteiger partial charge in [0.05, 0.1) is 25.8 Å². The number of rotatable bonds is 10. The Labute approximate surface area is 206 Å². The Morgan fingerprint density at radius 3 is 2.43 bits per heavy atom. The van der Waals surface area contributed by atoms with Crippen LogP contribution in [0.25, 0.3) is 5.76 Å². The maximum atomic E-state index is 13.2. The molecule has 1 saturated heterocycles. The molecule has 0 radical (unpaired) electrons. The third-order valence-corrected chi connectivity index (χ3v) is 5.87. The number of ether oxygens (including phenoxy) is 3. The molecule has 0 bridgehead atoms. The molecule has 8 nitrogen and oxygen atoms in total. The number of ketones is 1. The lowest BCUT2D eigenvalue weighted by atomic mass is 9.93. The van der Waals surface area contributed by atoms with Crippen LogP contribution in [0.5, 0.6) is 17.2 Å². The van der Waals surface area contributed by atoms with E-state index >= 15 is 0 Å². The highest BCUT2D eigenvalue weighted by molar-refractivity contribution is 6.46. The zero-order chi connectivity index (χ0) is 25.7. The number of benzene rings is 2. The molecule has 1 fully saturated rings. The van der Waals surface area contributed by atoms with Crippen LogP contribution in [0.15, 0.2) is 54.6 Å². The van der Waals surface area contributed by atoms with E-state index in [1.54, 1.807) is 42.5 Å². The summed E-state index contributed by atoms with van der Waals surface area (Å²) in [5.74, 6) is -0.0233. The van der Waals surface area contributed by atoms with Crippen molar-refractivity contribution in [3.8, 4) is 17.2 Å². The molecule has 8 heteroatoms. The maximum absolute atomic E-state index is 13.2. The van der Waals surface area contributed by atoms with Crippen LogP contribution in [0.1, 0.15) is 22.7 Å². The van der Waals surface area contributed by atoms with Crippen molar-refractivity contribution >= 4 is 17.4 Å². The van der Waals surface area contributed by atoms with E-state index in [1.807, 2.05) is 25.9 Å². The molecular weight excluding hydrogens is 448 g/mol. The second-order valence-corrected chi connectivity index (χ2v) is 8.49. The molecule has 0 unspecified atom stereocenters. The average Bonchev–Trinajstić information content (AvgIpc) is 3.10. The first kappa shape index (κ1) is 25.8. The van der Waals surface area contributed by atoms with E-state index in [4.69, 9.17) is 14.2 Å². The minimum atomic E-state index is -0.786. The standard InChI is InChI=1S/C27H32N2O6/c1-7-14-35-19-9-10-20(17(2)15-19)25(30)23-24(18-8-11-21(33-5)22(16-18)34-6)29(13-12-28(3)4)27(32)26(23)31/h7-11,15-16,24,30H,1,12-14H2,2-6H3/t24-/m0/s1. The summed E-state index contributed by atoms with van der Waals surface area (Å²) in [6.45, 7) is 6.65. The smallest absolute Gasteiger partial charge is 0.295 e. The first-order chi connectivity index (χ1) is 16.7. The lowest BCUT2D eigenvalue weighted by Gasteiger charge is -2.27. The van der Waals surface area contributed by atoms with Crippen LogP contribution in [-0.4, -0.2) is 74.6 Å². The van der Waals surface area contributed by atoms with E-state index in [-0.39, 0.29) is 11.3 Å². The van der Waals surface area contributed by atoms with Crippen LogP contribution in [0, 0.1) is 6.92 Å². The van der Waals surface area contributed by atoms with Crippen LogP contribution in [0.2, 0.25) is 0 Å². The number of nitrogens with zero attached hydrogens (tertiary/aromatic N) is 2. The van der Waals surface area contributed by atoms with Gasteiger partial charge in [-0.15, -0.1) is 0 Å². The molecule has 1 heterocycles. The number of aliphatic hydroxyl groups excluding tert-OH is 1. The van der Waals surface area contributed by atoms with Crippen LogP contribution in [-0.2, 0) is 9.59 Å². The summed E-state index contributed by atoms with van der Waals surface area (Å²) in [5.41, 5.74) is 1.82. The Morgan fingerprint density at radius 2 is 1.83 bits per heavy atom. The predicted molar refractivity (Wildman–Crippen MR) is 134 cm³/mol. The molecular formula is C27H32N2O6. The zero-order valence-corrected chi connectivity index (χ0v) is 20.8. The predicted octanol–water partition coefficient (Wildman–Crippen LogP) is 3.56. The van der Waals surface area contributed by atoms with E-state index < -0.39 is 17.7 Å². The van der Waals surface area contributed by atoms with Gasteiger partial charge in [0.2, 0.25) is 0 Å². The number of carbonyl (C=O) groups excluding carboxylic acids is 2. The molecule has 2 aromatic carbocycles. The number of Topliss-reactive ketones (excluding diaryl/α,β-unsaturated/α-hetero) is 1. The topological polar surface area (TPSA) is 88.5 Å². The van der Waals surface area contributed by atoms with Gasteiger partial charge in [-0.2, -0.15) is 0 Å². The Morgan fingerprint density at radius 1 is 1.11 bits per heavy atom. The molecule has 3 rings (SSSR count). The highest BCUT2D eigenvalue weighted by Gasteiger charge is 2.46. The number of amides is 1. The summed E-state index contributed by atoms with van der Waals surface area (Å²) in [6.07, 6.45) is 1.64. The number of hydrogen-bond donors (Lipinski definition) is 1. The van der Waals surface area contributed by atoms with Crippen molar-refractivity contribution < 1.29 is 28.9 Å². The fourth-order valence-corrected chi connectivity index (χ4v) is 4.08. The van der Waals surface area contributed by atoms with Gasteiger partial charge in [0.1, 0.15) is 18.1 Å². The Hall–Kier alpha value is -3.78. The third-order valence-electron chi connectivity index (χ3n) is 5.87. The summed E-state index contributed by atoms with van der Waals surface area (Å²) < 4.78 is 16.4. The first-order valence-corrected chi connectivity index (χ1v) is 11.2. The molecule has 0 saturated carbocycles. The van der Waals surface area contributed by atoms with Gasteiger partial charge in [0.15, 0.2) is 11.5 Å². The van der Waals surface area contributed by atoms with E-state index in [0.717, 1.165) is 0 Å².